The number of urea groups is 1. The number of anilines is 1. The minimum Gasteiger partial charge on any atom is -0.275 e. The van der Waals surface area contributed by atoms with Gasteiger partial charge in [0, 0.05) is 17.3 Å². The van der Waals surface area contributed by atoms with Crippen LogP contribution < -0.4 is 10.0 Å². The lowest BCUT2D eigenvalue weighted by atomic mass is 10.1. The van der Waals surface area contributed by atoms with Crippen molar-refractivity contribution in [3.8, 4) is 0 Å². The third-order valence-electron chi connectivity index (χ3n) is 3.29. The normalized spacial score (nSPS) is 11.2. The van der Waals surface area contributed by atoms with Gasteiger partial charge in [0.2, 0.25) is 5.95 Å². The van der Waals surface area contributed by atoms with Crippen LogP contribution in [0.25, 0.3) is 10.8 Å². The maximum absolute atomic E-state index is 12.5. The Morgan fingerprint density at radius 1 is 1.04 bits per heavy atom. The van der Waals surface area contributed by atoms with Gasteiger partial charge in [-0.3, -0.25) is 5.32 Å². The van der Waals surface area contributed by atoms with Gasteiger partial charge in [-0.05, 0) is 24.4 Å². The minimum atomic E-state index is -4.03. The van der Waals surface area contributed by atoms with Gasteiger partial charge in [0.05, 0.1) is 4.90 Å². The molecule has 0 fully saturated rings. The zero-order valence-electron chi connectivity index (χ0n) is 12.7. The van der Waals surface area contributed by atoms with Gasteiger partial charge in [0.15, 0.2) is 0 Å². The third kappa shape index (κ3) is 3.33. The highest BCUT2D eigenvalue weighted by atomic mass is 32.2. The van der Waals surface area contributed by atoms with E-state index in [1.54, 1.807) is 43.3 Å². The zero-order chi connectivity index (χ0) is 17.2. The van der Waals surface area contributed by atoms with Crippen molar-refractivity contribution in [3.05, 3.63) is 60.4 Å². The Balaban J connectivity index is 1.86. The summed E-state index contributed by atoms with van der Waals surface area (Å²) in [5.74, 6) is 0.0284. The van der Waals surface area contributed by atoms with Crippen molar-refractivity contribution in [1.29, 1.82) is 0 Å². The largest absolute Gasteiger partial charge is 0.335 e. The number of nitrogens with one attached hydrogen (secondary N) is 2. The molecule has 0 atom stereocenters. The number of amides is 2. The van der Waals surface area contributed by atoms with Gasteiger partial charge in [-0.1, -0.05) is 36.4 Å². The number of carbonyl (C=O) groups excluding carboxylic acids is 1. The summed E-state index contributed by atoms with van der Waals surface area (Å²) in [5, 5.41) is 3.61. The van der Waals surface area contributed by atoms with Gasteiger partial charge in [-0.15, -0.1) is 0 Å². The molecule has 3 rings (SSSR count). The second-order valence-electron chi connectivity index (χ2n) is 5.06. The Kier molecular flexibility index (Phi) is 4.13. The van der Waals surface area contributed by atoms with E-state index >= 15 is 0 Å². The second-order valence-corrected chi connectivity index (χ2v) is 6.71. The van der Waals surface area contributed by atoms with Gasteiger partial charge in [-0.25, -0.2) is 27.9 Å². The Morgan fingerprint density at radius 2 is 1.79 bits per heavy atom. The number of carbonyl (C=O) groups is 1. The van der Waals surface area contributed by atoms with Crippen LogP contribution in [-0.2, 0) is 10.0 Å². The summed E-state index contributed by atoms with van der Waals surface area (Å²) in [4.78, 5) is 19.8. The molecule has 0 saturated heterocycles. The maximum Gasteiger partial charge on any atom is 0.335 e. The monoisotopic (exact) mass is 342 g/mol. The Hall–Kier alpha value is -3.00. The van der Waals surface area contributed by atoms with Crippen molar-refractivity contribution in [2.45, 2.75) is 11.8 Å². The van der Waals surface area contributed by atoms with Crippen molar-refractivity contribution < 1.29 is 13.2 Å². The van der Waals surface area contributed by atoms with Crippen LogP contribution in [0.4, 0.5) is 10.7 Å². The molecule has 0 saturated carbocycles. The lowest BCUT2D eigenvalue weighted by molar-refractivity contribution is 0.256. The van der Waals surface area contributed by atoms with Crippen LogP contribution >= 0.6 is 0 Å². The van der Waals surface area contributed by atoms with Crippen molar-refractivity contribution in [3.63, 3.8) is 0 Å². The molecule has 1 aromatic heterocycles. The molecule has 0 bridgehead atoms. The predicted octanol–water partition coefficient (Wildman–Crippen LogP) is 2.45. The molecule has 0 spiro atoms. The highest BCUT2D eigenvalue weighted by molar-refractivity contribution is 7.90. The van der Waals surface area contributed by atoms with Crippen molar-refractivity contribution in [2.75, 3.05) is 5.32 Å². The number of aromatic nitrogens is 2. The fourth-order valence-corrected chi connectivity index (χ4v) is 3.38. The Morgan fingerprint density at radius 3 is 2.58 bits per heavy atom. The SMILES string of the molecule is Cc1ccnc(NC(=O)NS(=O)(=O)c2cccc3ccccc23)n1. The number of fused-ring (bicyclic) bond motifs is 1. The number of hydrogen-bond acceptors (Lipinski definition) is 5. The van der Waals surface area contributed by atoms with Crippen LogP contribution in [-0.4, -0.2) is 24.4 Å². The number of nitrogens with zero attached hydrogens (tertiary/aromatic N) is 2. The number of aryl methyl sites for hydroxylation is 1. The molecule has 2 N–H and O–H groups in total. The van der Waals surface area contributed by atoms with E-state index in [1.165, 1.54) is 12.3 Å². The summed E-state index contributed by atoms with van der Waals surface area (Å²) in [6.45, 7) is 1.73. The Labute approximate surface area is 138 Å². The predicted molar refractivity (Wildman–Crippen MR) is 90.1 cm³/mol. The molecule has 0 radical (unpaired) electrons. The third-order valence-corrected chi connectivity index (χ3v) is 4.68. The number of rotatable bonds is 3. The van der Waals surface area contributed by atoms with Crippen LogP contribution in [0.1, 0.15) is 5.69 Å². The first kappa shape index (κ1) is 15.9. The quantitative estimate of drug-likeness (QED) is 0.761. The number of benzene rings is 2. The van der Waals surface area contributed by atoms with Crippen molar-refractivity contribution in [2.24, 2.45) is 0 Å². The molecule has 7 nitrogen and oxygen atoms in total. The molecule has 0 aliphatic rings. The first-order valence-electron chi connectivity index (χ1n) is 7.07. The molecule has 8 heteroatoms. The topological polar surface area (TPSA) is 101 Å². The highest BCUT2D eigenvalue weighted by Crippen LogP contribution is 2.22. The first-order chi connectivity index (χ1) is 11.5. The molecule has 0 aliphatic carbocycles. The van der Waals surface area contributed by atoms with Gasteiger partial charge in [-0.2, -0.15) is 0 Å². The fraction of sp³-hybridized carbons (Fsp3) is 0.0625. The van der Waals surface area contributed by atoms with Crippen molar-refractivity contribution in [1.82, 2.24) is 14.7 Å². The Bertz CT molecular complexity index is 1010. The smallest absolute Gasteiger partial charge is 0.275 e. The summed E-state index contributed by atoms with van der Waals surface area (Å²) in [6.07, 6.45) is 1.47. The molecular formula is C16H14N4O3S. The molecule has 0 unspecified atom stereocenters. The number of sulfonamides is 1. The lowest BCUT2D eigenvalue weighted by Crippen LogP contribution is -2.35. The van der Waals surface area contributed by atoms with E-state index in [2.05, 4.69) is 15.3 Å². The van der Waals surface area contributed by atoms with E-state index in [0.29, 0.717) is 11.1 Å². The van der Waals surface area contributed by atoms with Crippen LogP contribution in [0.15, 0.2) is 59.6 Å². The molecule has 2 aromatic carbocycles. The summed E-state index contributed by atoms with van der Waals surface area (Å²) >= 11 is 0. The van der Waals surface area contributed by atoms with Crippen LogP contribution in [0, 0.1) is 6.92 Å². The molecule has 0 aliphatic heterocycles. The second kappa shape index (κ2) is 6.25. The minimum absolute atomic E-state index is 0.0284. The van der Waals surface area contributed by atoms with Gasteiger partial charge >= 0.3 is 6.03 Å². The van der Waals surface area contributed by atoms with Gasteiger partial charge < -0.3 is 0 Å². The highest BCUT2D eigenvalue weighted by Gasteiger charge is 2.20. The zero-order valence-corrected chi connectivity index (χ0v) is 13.5. The molecule has 2 amide bonds. The molecule has 3 aromatic rings. The van der Waals surface area contributed by atoms with Crippen LogP contribution in [0.2, 0.25) is 0 Å². The first-order valence-corrected chi connectivity index (χ1v) is 8.55. The van der Waals surface area contributed by atoms with Crippen molar-refractivity contribution >= 4 is 32.8 Å². The van der Waals surface area contributed by atoms with Gasteiger partial charge in [0.25, 0.3) is 10.0 Å². The van der Waals surface area contributed by atoms with Crippen LogP contribution in [0.3, 0.4) is 0 Å². The average Bonchev–Trinajstić information content (AvgIpc) is 2.53. The molecule has 1 heterocycles. The average molecular weight is 342 g/mol. The van der Waals surface area contributed by atoms with E-state index in [9.17, 15) is 13.2 Å². The van der Waals surface area contributed by atoms with E-state index < -0.39 is 16.1 Å². The van der Waals surface area contributed by atoms with E-state index in [1.807, 2.05) is 10.8 Å². The lowest BCUT2D eigenvalue weighted by Gasteiger charge is -2.10. The summed E-state index contributed by atoms with van der Waals surface area (Å²) < 4.78 is 27.0. The van der Waals surface area contributed by atoms with E-state index in [-0.39, 0.29) is 10.8 Å². The van der Waals surface area contributed by atoms with Crippen LogP contribution in [0.5, 0.6) is 0 Å². The standard InChI is InChI=1S/C16H14N4O3S/c1-11-9-10-17-15(18-11)19-16(21)20-24(22,23)14-8-4-6-12-5-2-3-7-13(12)14/h2-10H,1H3,(H2,17,18,19,20,21). The summed E-state index contributed by atoms with van der Waals surface area (Å²) in [6, 6.07) is 12.6. The number of hydrogen-bond donors (Lipinski definition) is 2. The van der Waals surface area contributed by atoms with E-state index in [4.69, 9.17) is 0 Å². The van der Waals surface area contributed by atoms with E-state index in [0.717, 1.165) is 5.39 Å². The maximum atomic E-state index is 12.5. The summed E-state index contributed by atoms with van der Waals surface area (Å²) in [5.41, 5.74) is 0.650. The molecule has 24 heavy (non-hydrogen) atoms. The van der Waals surface area contributed by atoms with Gasteiger partial charge in [0.1, 0.15) is 0 Å². The molecule has 122 valence electrons. The fourth-order valence-electron chi connectivity index (χ4n) is 2.24. The molecular weight excluding hydrogens is 328 g/mol. The summed E-state index contributed by atoms with van der Waals surface area (Å²) in [7, 11) is -4.03.